The highest BCUT2D eigenvalue weighted by atomic mass is 127. The molecule has 0 aromatic heterocycles. The van der Waals surface area contributed by atoms with Gasteiger partial charge < -0.3 is 15.4 Å². The van der Waals surface area contributed by atoms with Gasteiger partial charge in [-0.05, 0) is 37.3 Å². The lowest BCUT2D eigenvalue weighted by Gasteiger charge is -2.13. The van der Waals surface area contributed by atoms with E-state index in [4.69, 9.17) is 4.74 Å². The zero-order valence-corrected chi connectivity index (χ0v) is 17.2. The van der Waals surface area contributed by atoms with Crippen molar-refractivity contribution >= 4 is 29.9 Å². The molecule has 1 aromatic carbocycles. The van der Waals surface area contributed by atoms with Crippen LogP contribution >= 0.6 is 24.0 Å². The first kappa shape index (κ1) is 22.2. The summed E-state index contributed by atoms with van der Waals surface area (Å²) in [4.78, 5) is 4.69. The summed E-state index contributed by atoms with van der Waals surface area (Å²) in [5, 5.41) is 6.69. The summed E-state index contributed by atoms with van der Waals surface area (Å²) >= 11 is 0. The average molecular weight is 433 g/mol. The van der Waals surface area contributed by atoms with E-state index in [0.717, 1.165) is 32.1 Å². The van der Waals surface area contributed by atoms with Crippen LogP contribution in [0.5, 0.6) is 0 Å². The Morgan fingerprint density at radius 1 is 1.13 bits per heavy atom. The lowest BCUT2D eigenvalue weighted by molar-refractivity contribution is 0.133. The van der Waals surface area contributed by atoms with Gasteiger partial charge >= 0.3 is 0 Å². The van der Waals surface area contributed by atoms with Gasteiger partial charge in [-0.1, -0.05) is 38.1 Å². The summed E-state index contributed by atoms with van der Waals surface area (Å²) in [6, 6.07) is 8.34. The molecule has 0 saturated carbocycles. The van der Waals surface area contributed by atoms with Crippen LogP contribution in [-0.2, 0) is 17.9 Å². The zero-order valence-electron chi connectivity index (χ0n) is 14.9. The van der Waals surface area contributed by atoms with Crippen LogP contribution in [0.1, 0.15) is 45.2 Å². The number of aliphatic imine (C=N–C) groups is 1. The van der Waals surface area contributed by atoms with Gasteiger partial charge in [0.25, 0.3) is 0 Å². The molecule has 0 radical (unpaired) electrons. The number of nitrogens with zero attached hydrogens (tertiary/aromatic N) is 1. The second kappa shape index (κ2) is 13.6. The molecule has 5 heteroatoms. The van der Waals surface area contributed by atoms with Crippen LogP contribution in [0, 0.1) is 5.92 Å². The van der Waals surface area contributed by atoms with Crippen LogP contribution in [0.3, 0.4) is 0 Å². The molecule has 0 heterocycles. The van der Waals surface area contributed by atoms with Gasteiger partial charge in [-0.15, -0.1) is 24.0 Å². The number of nitrogens with one attached hydrogen (secondary N) is 2. The SMILES string of the molecule is CCNC(=NCc1ccccc1COCC)NCCC(C)C.I. The van der Waals surface area contributed by atoms with Crippen molar-refractivity contribution in [2.75, 3.05) is 19.7 Å². The molecule has 1 aromatic rings. The Morgan fingerprint density at radius 3 is 2.43 bits per heavy atom. The van der Waals surface area contributed by atoms with Gasteiger partial charge in [-0.25, -0.2) is 4.99 Å². The average Bonchev–Trinajstić information content (AvgIpc) is 2.51. The van der Waals surface area contributed by atoms with Crippen LogP contribution in [-0.4, -0.2) is 25.7 Å². The van der Waals surface area contributed by atoms with Gasteiger partial charge in [-0.2, -0.15) is 0 Å². The molecule has 4 nitrogen and oxygen atoms in total. The molecule has 0 unspecified atom stereocenters. The predicted octanol–water partition coefficient (Wildman–Crippen LogP) is 3.94. The summed E-state index contributed by atoms with van der Waals surface area (Å²) in [5.41, 5.74) is 2.43. The van der Waals surface area contributed by atoms with Crippen LogP contribution in [0.4, 0.5) is 0 Å². The van der Waals surface area contributed by atoms with Crippen LogP contribution in [0.25, 0.3) is 0 Å². The quantitative estimate of drug-likeness (QED) is 0.352. The lowest BCUT2D eigenvalue weighted by Crippen LogP contribution is -2.38. The second-order valence-electron chi connectivity index (χ2n) is 5.71. The highest BCUT2D eigenvalue weighted by Crippen LogP contribution is 2.11. The van der Waals surface area contributed by atoms with Crippen molar-refractivity contribution in [2.45, 2.75) is 47.3 Å². The van der Waals surface area contributed by atoms with E-state index < -0.39 is 0 Å². The van der Waals surface area contributed by atoms with Gasteiger partial charge in [0.15, 0.2) is 5.96 Å². The van der Waals surface area contributed by atoms with Gasteiger partial charge in [0, 0.05) is 19.7 Å². The Bertz CT molecular complexity index is 450. The van der Waals surface area contributed by atoms with Crippen molar-refractivity contribution in [1.82, 2.24) is 10.6 Å². The normalized spacial score (nSPS) is 11.3. The van der Waals surface area contributed by atoms with Gasteiger partial charge in [0.05, 0.1) is 13.2 Å². The second-order valence-corrected chi connectivity index (χ2v) is 5.71. The third-order valence-electron chi connectivity index (χ3n) is 3.35. The number of hydrogen-bond donors (Lipinski definition) is 2. The smallest absolute Gasteiger partial charge is 0.191 e. The summed E-state index contributed by atoms with van der Waals surface area (Å²) in [7, 11) is 0. The topological polar surface area (TPSA) is 45.7 Å². The Labute approximate surface area is 158 Å². The van der Waals surface area contributed by atoms with Crippen LogP contribution in [0.15, 0.2) is 29.3 Å². The molecule has 0 saturated heterocycles. The first-order valence-corrected chi connectivity index (χ1v) is 8.34. The van der Waals surface area contributed by atoms with Crippen molar-refractivity contribution in [3.05, 3.63) is 35.4 Å². The molecule has 0 spiro atoms. The molecule has 0 bridgehead atoms. The van der Waals surface area contributed by atoms with E-state index in [2.05, 4.69) is 54.6 Å². The Kier molecular flexibility index (Phi) is 13.1. The number of ether oxygens (including phenoxy) is 1. The fourth-order valence-electron chi connectivity index (χ4n) is 2.05. The molecule has 0 fully saturated rings. The van der Waals surface area contributed by atoms with Crippen LogP contribution in [0.2, 0.25) is 0 Å². The molecule has 132 valence electrons. The van der Waals surface area contributed by atoms with Crippen LogP contribution < -0.4 is 10.6 Å². The third-order valence-corrected chi connectivity index (χ3v) is 3.35. The number of guanidine groups is 1. The molecular weight excluding hydrogens is 401 g/mol. The minimum absolute atomic E-state index is 0. The summed E-state index contributed by atoms with van der Waals surface area (Å²) in [6.07, 6.45) is 1.14. The number of hydrogen-bond acceptors (Lipinski definition) is 2. The molecule has 0 atom stereocenters. The molecule has 0 aliphatic heterocycles. The Balaban J connectivity index is 0.00000484. The minimum atomic E-state index is 0. The maximum absolute atomic E-state index is 5.53. The molecule has 2 N–H and O–H groups in total. The predicted molar refractivity (Wildman–Crippen MR) is 109 cm³/mol. The van der Waals surface area contributed by atoms with E-state index in [1.165, 1.54) is 11.1 Å². The van der Waals surface area contributed by atoms with Crippen molar-refractivity contribution in [1.29, 1.82) is 0 Å². The van der Waals surface area contributed by atoms with Gasteiger partial charge in [-0.3, -0.25) is 0 Å². The van der Waals surface area contributed by atoms with Gasteiger partial charge in [0.1, 0.15) is 0 Å². The van der Waals surface area contributed by atoms with Crippen molar-refractivity contribution in [3.8, 4) is 0 Å². The molecule has 0 aliphatic rings. The standard InChI is InChI=1S/C18H31N3O.HI/c1-5-19-18(20-12-11-15(3)4)21-13-16-9-7-8-10-17(16)14-22-6-2;/h7-10,15H,5-6,11-14H2,1-4H3,(H2,19,20,21);1H. The number of rotatable bonds is 9. The van der Waals surface area contributed by atoms with Crippen molar-refractivity contribution in [3.63, 3.8) is 0 Å². The van der Waals surface area contributed by atoms with E-state index in [1.807, 2.05) is 13.0 Å². The first-order valence-electron chi connectivity index (χ1n) is 8.34. The van der Waals surface area contributed by atoms with Gasteiger partial charge in [0.2, 0.25) is 0 Å². The highest BCUT2D eigenvalue weighted by molar-refractivity contribution is 14.0. The van der Waals surface area contributed by atoms with E-state index in [1.54, 1.807) is 0 Å². The molecule has 0 amide bonds. The summed E-state index contributed by atoms with van der Waals surface area (Å²) < 4.78 is 5.53. The Hall–Kier alpha value is -0.820. The third kappa shape index (κ3) is 9.81. The first-order chi connectivity index (χ1) is 10.7. The number of benzene rings is 1. The van der Waals surface area contributed by atoms with E-state index >= 15 is 0 Å². The van der Waals surface area contributed by atoms with E-state index in [0.29, 0.717) is 19.1 Å². The van der Waals surface area contributed by atoms with E-state index in [9.17, 15) is 0 Å². The maximum Gasteiger partial charge on any atom is 0.191 e. The fraction of sp³-hybridized carbons (Fsp3) is 0.611. The lowest BCUT2D eigenvalue weighted by atomic mass is 10.1. The molecule has 0 aliphatic carbocycles. The summed E-state index contributed by atoms with van der Waals surface area (Å²) in [6.45, 7) is 12.4. The number of halogens is 1. The zero-order chi connectivity index (χ0) is 16.2. The Morgan fingerprint density at radius 2 is 1.83 bits per heavy atom. The maximum atomic E-state index is 5.53. The molecule has 1 rings (SSSR count). The summed E-state index contributed by atoms with van der Waals surface area (Å²) in [5.74, 6) is 1.58. The van der Waals surface area contributed by atoms with E-state index in [-0.39, 0.29) is 24.0 Å². The fourth-order valence-corrected chi connectivity index (χ4v) is 2.05. The van der Waals surface area contributed by atoms with Crippen molar-refractivity contribution in [2.24, 2.45) is 10.9 Å². The minimum Gasteiger partial charge on any atom is -0.377 e. The van der Waals surface area contributed by atoms with Crippen molar-refractivity contribution < 1.29 is 4.74 Å². The largest absolute Gasteiger partial charge is 0.377 e. The highest BCUT2D eigenvalue weighted by Gasteiger charge is 2.03. The monoisotopic (exact) mass is 433 g/mol. The molecular formula is C18H32IN3O. The molecule has 23 heavy (non-hydrogen) atoms.